The highest BCUT2D eigenvalue weighted by Crippen LogP contribution is 2.63. The van der Waals surface area contributed by atoms with Crippen LogP contribution in [0.15, 0.2) is 34.9 Å². The second-order valence-corrected chi connectivity index (χ2v) is 7.97. The molecule has 4 atom stereocenters. The number of carbonyl (C=O) groups is 1. The normalized spacial score (nSPS) is 42.2. The predicted molar refractivity (Wildman–Crippen MR) is 91.9 cm³/mol. The molecule has 0 radical (unpaired) electrons. The molecule has 1 N–H and O–H groups in total. The Hall–Kier alpha value is -1.15. The molecule has 4 rings (SSSR count). The van der Waals surface area contributed by atoms with Gasteiger partial charge in [0.25, 0.3) is 0 Å². The van der Waals surface area contributed by atoms with Gasteiger partial charge in [-0.25, -0.2) is 0 Å². The van der Waals surface area contributed by atoms with E-state index < -0.39 is 5.60 Å². The van der Waals surface area contributed by atoms with Gasteiger partial charge in [0, 0.05) is 11.8 Å². The number of rotatable bonds is 2. The first-order valence-corrected chi connectivity index (χ1v) is 9.43. The molecule has 23 heavy (non-hydrogen) atoms. The largest absolute Gasteiger partial charge is 0.389 e. The van der Waals surface area contributed by atoms with E-state index in [4.69, 9.17) is 0 Å². The van der Waals surface area contributed by atoms with E-state index in [1.807, 2.05) is 6.08 Å². The van der Waals surface area contributed by atoms with Crippen molar-refractivity contribution >= 4 is 5.78 Å². The molecule has 0 aromatic carbocycles. The van der Waals surface area contributed by atoms with E-state index in [0.717, 1.165) is 44.9 Å². The topological polar surface area (TPSA) is 37.3 Å². The second-order valence-electron chi connectivity index (χ2n) is 7.97. The minimum atomic E-state index is -0.530. The Kier molecular flexibility index (Phi) is 3.46. The lowest BCUT2D eigenvalue weighted by molar-refractivity contribution is -0.114. The van der Waals surface area contributed by atoms with E-state index in [-0.39, 0.29) is 5.41 Å². The highest BCUT2D eigenvalue weighted by molar-refractivity contribution is 5.93. The van der Waals surface area contributed by atoms with Crippen LogP contribution in [0.5, 0.6) is 0 Å². The minimum absolute atomic E-state index is 0.0395. The van der Waals surface area contributed by atoms with Crippen LogP contribution in [-0.4, -0.2) is 16.5 Å². The van der Waals surface area contributed by atoms with Crippen LogP contribution in [0.4, 0.5) is 0 Å². The average Bonchev–Trinajstić information content (AvgIpc) is 2.88. The molecule has 124 valence electrons. The van der Waals surface area contributed by atoms with E-state index in [1.165, 1.54) is 16.7 Å². The van der Waals surface area contributed by atoms with Gasteiger partial charge < -0.3 is 5.11 Å². The van der Waals surface area contributed by atoms with Crippen molar-refractivity contribution in [2.75, 3.05) is 0 Å². The van der Waals surface area contributed by atoms with Gasteiger partial charge in [-0.3, -0.25) is 4.79 Å². The van der Waals surface area contributed by atoms with E-state index in [1.54, 1.807) is 0 Å². The molecule has 1 saturated carbocycles. The van der Waals surface area contributed by atoms with Crippen molar-refractivity contribution in [2.24, 2.45) is 17.3 Å². The highest BCUT2D eigenvalue weighted by Gasteiger charge is 2.59. The molecule has 0 saturated heterocycles. The van der Waals surface area contributed by atoms with Crippen LogP contribution in [0.2, 0.25) is 0 Å². The number of allylic oxidation sites excluding steroid dienone is 5. The summed E-state index contributed by atoms with van der Waals surface area (Å²) in [5.74, 6) is 1.46. The Morgan fingerprint density at radius 2 is 2.00 bits per heavy atom. The summed E-state index contributed by atoms with van der Waals surface area (Å²) < 4.78 is 0. The smallest absolute Gasteiger partial charge is 0.156 e. The molecule has 4 aliphatic rings. The van der Waals surface area contributed by atoms with E-state index in [2.05, 4.69) is 26.0 Å². The average molecular weight is 312 g/mol. The summed E-state index contributed by atoms with van der Waals surface area (Å²) >= 11 is 0. The molecule has 2 heteroatoms. The van der Waals surface area contributed by atoms with Crippen LogP contribution in [0.25, 0.3) is 0 Å². The van der Waals surface area contributed by atoms with Gasteiger partial charge in [0.2, 0.25) is 0 Å². The SMILES string of the molecule is CC[C@]1(O)CC[C@@H]2[C@@H]3CCC4=CC(=O)CCC4=C3C=C[C@@]21CC. The van der Waals surface area contributed by atoms with Crippen molar-refractivity contribution in [1.82, 2.24) is 0 Å². The number of aliphatic hydroxyl groups is 1. The van der Waals surface area contributed by atoms with Gasteiger partial charge in [-0.1, -0.05) is 26.0 Å². The van der Waals surface area contributed by atoms with Gasteiger partial charge in [-0.15, -0.1) is 0 Å². The first-order valence-electron chi connectivity index (χ1n) is 9.43. The molecule has 0 amide bonds. The van der Waals surface area contributed by atoms with Crippen LogP contribution < -0.4 is 0 Å². The van der Waals surface area contributed by atoms with Gasteiger partial charge in [-0.2, -0.15) is 0 Å². The van der Waals surface area contributed by atoms with Gasteiger partial charge in [0.1, 0.15) is 0 Å². The Morgan fingerprint density at radius 3 is 2.74 bits per heavy atom. The zero-order valence-electron chi connectivity index (χ0n) is 14.4. The molecular weight excluding hydrogens is 284 g/mol. The Labute approximate surface area is 139 Å². The summed E-state index contributed by atoms with van der Waals surface area (Å²) in [6, 6.07) is 0. The third kappa shape index (κ3) is 1.94. The third-order valence-electron chi connectivity index (χ3n) is 7.43. The molecule has 0 aliphatic heterocycles. The van der Waals surface area contributed by atoms with Crippen molar-refractivity contribution in [3.8, 4) is 0 Å². The minimum Gasteiger partial charge on any atom is -0.389 e. The molecule has 0 unspecified atom stereocenters. The summed E-state index contributed by atoms with van der Waals surface area (Å²) in [6.45, 7) is 4.38. The number of ketones is 1. The van der Waals surface area contributed by atoms with Gasteiger partial charge in [0.05, 0.1) is 5.60 Å². The van der Waals surface area contributed by atoms with Crippen LogP contribution in [-0.2, 0) is 4.79 Å². The zero-order valence-corrected chi connectivity index (χ0v) is 14.4. The van der Waals surface area contributed by atoms with Crippen LogP contribution >= 0.6 is 0 Å². The molecule has 0 bridgehead atoms. The predicted octanol–water partition coefficient (Wildman–Crippen LogP) is 4.50. The van der Waals surface area contributed by atoms with Crippen LogP contribution in [0.3, 0.4) is 0 Å². The summed E-state index contributed by atoms with van der Waals surface area (Å²) in [5, 5.41) is 11.3. The maximum Gasteiger partial charge on any atom is 0.156 e. The fraction of sp³-hybridized carbons (Fsp3) is 0.667. The highest BCUT2D eigenvalue weighted by atomic mass is 16.3. The summed E-state index contributed by atoms with van der Waals surface area (Å²) in [4.78, 5) is 11.7. The summed E-state index contributed by atoms with van der Waals surface area (Å²) in [7, 11) is 0. The second kappa shape index (κ2) is 5.17. The Balaban J connectivity index is 1.83. The fourth-order valence-corrected chi connectivity index (χ4v) is 6.17. The van der Waals surface area contributed by atoms with Crippen molar-refractivity contribution in [3.05, 3.63) is 34.9 Å². The van der Waals surface area contributed by atoms with E-state index in [9.17, 15) is 9.90 Å². The molecular formula is C21H28O2. The monoisotopic (exact) mass is 312 g/mol. The zero-order chi connectivity index (χ0) is 16.2. The van der Waals surface area contributed by atoms with E-state index in [0.29, 0.717) is 24.0 Å². The van der Waals surface area contributed by atoms with Crippen molar-refractivity contribution < 1.29 is 9.90 Å². The van der Waals surface area contributed by atoms with Gasteiger partial charge >= 0.3 is 0 Å². The summed E-state index contributed by atoms with van der Waals surface area (Å²) in [5.41, 5.74) is 3.67. The number of fused-ring (bicyclic) bond motifs is 4. The standard InChI is InChI=1S/C21H28O2/c1-3-20-11-9-17-16-8-6-15(22)13-14(16)5-7-18(17)19(20)10-12-21(20,23)4-2/h9,11,13,18-19,23H,3-8,10,12H2,1-2H3/t18-,19-,20+,21+/m1/s1. The molecule has 0 aromatic heterocycles. The third-order valence-corrected chi connectivity index (χ3v) is 7.43. The quantitative estimate of drug-likeness (QED) is 0.815. The molecule has 4 aliphatic carbocycles. The van der Waals surface area contributed by atoms with Gasteiger partial charge in [0.15, 0.2) is 5.78 Å². The van der Waals surface area contributed by atoms with E-state index >= 15 is 0 Å². The van der Waals surface area contributed by atoms with Crippen LogP contribution in [0, 0.1) is 17.3 Å². The maximum absolute atomic E-state index is 11.7. The molecule has 0 aromatic rings. The lowest BCUT2D eigenvalue weighted by atomic mass is 9.56. The molecule has 2 nitrogen and oxygen atoms in total. The van der Waals surface area contributed by atoms with Gasteiger partial charge in [-0.05, 0) is 79.6 Å². The molecule has 1 fully saturated rings. The Bertz CT molecular complexity index is 638. The fourth-order valence-electron chi connectivity index (χ4n) is 6.17. The first kappa shape index (κ1) is 15.4. The van der Waals surface area contributed by atoms with Crippen molar-refractivity contribution in [3.63, 3.8) is 0 Å². The lowest BCUT2D eigenvalue weighted by Crippen LogP contribution is -2.48. The number of hydrogen-bond donors (Lipinski definition) is 1. The molecule has 0 spiro atoms. The maximum atomic E-state index is 11.7. The first-order chi connectivity index (χ1) is 11.0. The lowest BCUT2D eigenvalue weighted by Gasteiger charge is -2.50. The Morgan fingerprint density at radius 1 is 1.17 bits per heavy atom. The number of carbonyl (C=O) groups excluding carboxylic acids is 1. The van der Waals surface area contributed by atoms with Crippen molar-refractivity contribution in [2.45, 2.75) is 70.8 Å². The number of hydrogen-bond acceptors (Lipinski definition) is 2. The summed E-state index contributed by atoms with van der Waals surface area (Å²) in [6.07, 6.45) is 14.3. The molecule has 0 heterocycles. The van der Waals surface area contributed by atoms with Crippen LogP contribution in [0.1, 0.15) is 65.2 Å². The van der Waals surface area contributed by atoms with Crippen molar-refractivity contribution in [1.29, 1.82) is 0 Å².